The van der Waals surface area contributed by atoms with Crippen molar-refractivity contribution in [3.05, 3.63) is 48.4 Å². The Bertz CT molecular complexity index is 978. The zero-order chi connectivity index (χ0) is 19.5. The molecule has 1 fully saturated rings. The lowest BCUT2D eigenvalue weighted by Gasteiger charge is -2.29. The van der Waals surface area contributed by atoms with Crippen molar-refractivity contribution in [1.29, 1.82) is 0 Å². The maximum Gasteiger partial charge on any atom is 0.240 e. The second kappa shape index (κ2) is 8.47. The van der Waals surface area contributed by atoms with Gasteiger partial charge in [0.05, 0.1) is 23.4 Å². The van der Waals surface area contributed by atoms with E-state index >= 15 is 0 Å². The van der Waals surface area contributed by atoms with Gasteiger partial charge in [0, 0.05) is 18.4 Å². The predicted molar refractivity (Wildman–Crippen MR) is 115 cm³/mol. The van der Waals surface area contributed by atoms with Crippen LogP contribution in [0.3, 0.4) is 0 Å². The Kier molecular flexibility index (Phi) is 5.41. The van der Waals surface area contributed by atoms with Crippen LogP contribution in [0, 0.1) is 0 Å². The van der Waals surface area contributed by atoms with Gasteiger partial charge in [0.15, 0.2) is 5.13 Å². The third-order valence-corrected chi connectivity index (χ3v) is 6.47. The lowest BCUT2D eigenvalue weighted by Crippen LogP contribution is -2.31. The Morgan fingerprint density at radius 1 is 1.07 bits per heavy atom. The summed E-state index contributed by atoms with van der Waals surface area (Å²) in [7, 11) is 0. The van der Waals surface area contributed by atoms with Gasteiger partial charge >= 0.3 is 0 Å². The topological polar surface area (TPSA) is 69.2 Å². The maximum atomic E-state index is 6.29. The van der Waals surface area contributed by atoms with Gasteiger partial charge in [-0.1, -0.05) is 29.5 Å². The van der Waals surface area contributed by atoms with Crippen molar-refractivity contribution in [1.82, 2.24) is 15.0 Å². The first-order valence-corrected chi connectivity index (χ1v) is 11.0. The molecule has 0 saturated heterocycles. The molecule has 150 valence electrons. The highest BCUT2D eigenvalue weighted by molar-refractivity contribution is 7.22. The molecule has 0 spiro atoms. The van der Waals surface area contributed by atoms with Crippen LogP contribution in [0.1, 0.15) is 37.8 Å². The molecule has 6 nitrogen and oxygen atoms in total. The normalized spacial score (nSPS) is 22.3. The molecular formula is C22H24N4O2S. The minimum absolute atomic E-state index is 0.180. The number of benzene rings is 1. The molecule has 1 aliphatic carbocycles. The first-order valence-electron chi connectivity index (χ1n) is 10.2. The number of rotatable bonds is 5. The number of nitrogens with one attached hydrogen (secondary N) is 1. The standard InChI is InChI=1S/C22H24N4O2S/c1-2-4-19-18(3-1)26-22(29-19)25-16-5-7-17(8-6-16)28-21-20(23-11-12-24-21)15-9-13-27-14-10-15/h1-4,9,11-12,16-17H,5-8,10,13-14H2,(H,25,26)/t16-,17-. The second-order valence-electron chi connectivity index (χ2n) is 7.49. The van der Waals surface area contributed by atoms with Crippen LogP contribution >= 0.6 is 11.3 Å². The monoisotopic (exact) mass is 408 g/mol. The molecule has 1 aliphatic heterocycles. The lowest BCUT2D eigenvalue weighted by molar-refractivity contribution is 0.142. The van der Waals surface area contributed by atoms with Crippen molar-refractivity contribution in [2.24, 2.45) is 0 Å². The van der Waals surface area contributed by atoms with Gasteiger partial charge in [-0.05, 0) is 49.8 Å². The van der Waals surface area contributed by atoms with E-state index in [0.29, 0.717) is 18.5 Å². The van der Waals surface area contributed by atoms with Crippen molar-refractivity contribution >= 4 is 32.3 Å². The summed E-state index contributed by atoms with van der Waals surface area (Å²) in [5.41, 5.74) is 3.10. The summed E-state index contributed by atoms with van der Waals surface area (Å²) in [6, 6.07) is 8.72. The Balaban J connectivity index is 1.20. The summed E-state index contributed by atoms with van der Waals surface area (Å²) < 4.78 is 12.9. The van der Waals surface area contributed by atoms with Crippen LogP contribution in [-0.2, 0) is 4.74 Å². The number of thiazole rings is 1. The third-order valence-electron chi connectivity index (χ3n) is 5.51. The van der Waals surface area contributed by atoms with E-state index in [1.54, 1.807) is 23.7 Å². The summed E-state index contributed by atoms with van der Waals surface area (Å²) in [6.45, 7) is 1.36. The highest BCUT2D eigenvalue weighted by Gasteiger charge is 2.25. The van der Waals surface area contributed by atoms with E-state index in [1.165, 1.54) is 10.3 Å². The largest absolute Gasteiger partial charge is 0.473 e. The van der Waals surface area contributed by atoms with Gasteiger partial charge in [-0.15, -0.1) is 0 Å². The Labute approximate surface area is 174 Å². The molecule has 0 radical (unpaired) electrons. The smallest absolute Gasteiger partial charge is 0.240 e. The van der Waals surface area contributed by atoms with E-state index in [9.17, 15) is 0 Å². The number of anilines is 1. The van der Waals surface area contributed by atoms with E-state index in [-0.39, 0.29) is 6.10 Å². The molecule has 2 aliphatic rings. The van der Waals surface area contributed by atoms with Crippen LogP contribution in [0.25, 0.3) is 15.8 Å². The fraction of sp³-hybridized carbons (Fsp3) is 0.409. The highest BCUT2D eigenvalue weighted by Crippen LogP contribution is 2.32. The van der Waals surface area contributed by atoms with Gasteiger partial charge in [0.2, 0.25) is 5.88 Å². The molecule has 3 aromatic rings. The zero-order valence-corrected chi connectivity index (χ0v) is 17.0. The van der Waals surface area contributed by atoms with Gasteiger partial charge in [0.25, 0.3) is 0 Å². The highest BCUT2D eigenvalue weighted by atomic mass is 32.1. The summed E-state index contributed by atoms with van der Waals surface area (Å²) >= 11 is 1.72. The van der Waals surface area contributed by atoms with E-state index in [1.807, 2.05) is 6.07 Å². The molecule has 1 aromatic carbocycles. The summed E-state index contributed by atoms with van der Waals surface area (Å²) in [5, 5.41) is 4.63. The number of fused-ring (bicyclic) bond motifs is 1. The Morgan fingerprint density at radius 2 is 1.93 bits per heavy atom. The summed E-state index contributed by atoms with van der Waals surface area (Å²) in [5.74, 6) is 0.656. The van der Waals surface area contributed by atoms with Crippen molar-refractivity contribution in [2.75, 3.05) is 18.5 Å². The molecule has 1 N–H and O–H groups in total. The van der Waals surface area contributed by atoms with Crippen molar-refractivity contribution in [3.63, 3.8) is 0 Å². The lowest BCUT2D eigenvalue weighted by atomic mass is 9.93. The number of hydrogen-bond donors (Lipinski definition) is 1. The van der Waals surface area contributed by atoms with Crippen LogP contribution < -0.4 is 10.1 Å². The van der Waals surface area contributed by atoms with Crippen molar-refractivity contribution < 1.29 is 9.47 Å². The Morgan fingerprint density at radius 3 is 2.76 bits per heavy atom. The van der Waals surface area contributed by atoms with Crippen LogP contribution in [0.5, 0.6) is 5.88 Å². The average Bonchev–Trinajstić information content (AvgIpc) is 3.18. The van der Waals surface area contributed by atoms with Gasteiger partial charge < -0.3 is 14.8 Å². The second-order valence-corrected chi connectivity index (χ2v) is 8.52. The number of para-hydroxylation sites is 1. The van der Waals surface area contributed by atoms with Crippen LogP contribution in [0.4, 0.5) is 5.13 Å². The molecule has 0 unspecified atom stereocenters. The van der Waals surface area contributed by atoms with Gasteiger partial charge in [0.1, 0.15) is 11.8 Å². The van der Waals surface area contributed by atoms with Gasteiger partial charge in [-0.25, -0.2) is 15.0 Å². The molecule has 3 heterocycles. The molecule has 5 rings (SSSR count). The predicted octanol–water partition coefficient (Wildman–Crippen LogP) is 4.69. The first-order chi connectivity index (χ1) is 14.3. The molecule has 1 saturated carbocycles. The van der Waals surface area contributed by atoms with Gasteiger partial charge in [-0.3, -0.25) is 0 Å². The molecule has 2 aromatic heterocycles. The summed E-state index contributed by atoms with van der Waals surface area (Å²) in [6.07, 6.45) is 10.7. The molecule has 7 heteroatoms. The van der Waals surface area contributed by atoms with E-state index in [0.717, 1.165) is 55.1 Å². The van der Waals surface area contributed by atoms with E-state index in [2.05, 4.69) is 39.6 Å². The fourth-order valence-electron chi connectivity index (χ4n) is 3.97. The zero-order valence-electron chi connectivity index (χ0n) is 16.2. The fourth-order valence-corrected chi connectivity index (χ4v) is 4.91. The SMILES string of the molecule is C1=C(c2nccnc2O[C@H]2CC[C@H](Nc3nc4ccccc4s3)CC2)CCOC1. The maximum absolute atomic E-state index is 6.29. The average molecular weight is 409 g/mol. The summed E-state index contributed by atoms with van der Waals surface area (Å²) in [4.78, 5) is 13.7. The van der Waals surface area contributed by atoms with Crippen LogP contribution in [0.15, 0.2) is 42.7 Å². The Hall–Kier alpha value is -2.51. The number of aromatic nitrogens is 3. The first kappa shape index (κ1) is 18.5. The van der Waals surface area contributed by atoms with Crippen LogP contribution in [0.2, 0.25) is 0 Å². The van der Waals surface area contributed by atoms with Crippen molar-refractivity contribution in [2.45, 2.75) is 44.2 Å². The molecule has 0 bridgehead atoms. The van der Waals surface area contributed by atoms with Crippen molar-refractivity contribution in [3.8, 4) is 5.88 Å². The minimum atomic E-state index is 0.180. The number of hydrogen-bond acceptors (Lipinski definition) is 7. The molecular weight excluding hydrogens is 384 g/mol. The molecule has 0 atom stereocenters. The molecule has 0 amide bonds. The van der Waals surface area contributed by atoms with Crippen LogP contribution in [-0.4, -0.2) is 40.3 Å². The van der Waals surface area contributed by atoms with E-state index in [4.69, 9.17) is 14.5 Å². The van der Waals surface area contributed by atoms with Gasteiger partial charge in [-0.2, -0.15) is 0 Å². The number of ether oxygens (including phenoxy) is 2. The minimum Gasteiger partial charge on any atom is -0.473 e. The number of nitrogens with zero attached hydrogens (tertiary/aromatic N) is 3. The third kappa shape index (κ3) is 4.26. The quantitative estimate of drug-likeness (QED) is 0.660. The molecule has 29 heavy (non-hydrogen) atoms. The van der Waals surface area contributed by atoms with E-state index < -0.39 is 0 Å².